The van der Waals surface area contributed by atoms with Crippen LogP contribution in [-0.4, -0.2) is 162 Å². The third-order valence-corrected chi connectivity index (χ3v) is 10.2. The molecule has 0 aromatic heterocycles. The smallest absolute Gasteiger partial charge is 0.333 e. The van der Waals surface area contributed by atoms with Crippen molar-refractivity contribution in [2.75, 3.05) is 80.0 Å². The van der Waals surface area contributed by atoms with E-state index in [1.807, 2.05) is 12.2 Å². The molecule has 0 aromatic rings. The lowest BCUT2D eigenvalue weighted by atomic mass is 9.85. The van der Waals surface area contributed by atoms with Gasteiger partial charge in [0.1, 0.15) is 0 Å². The number of methoxy groups -OCH3 is 2. The topological polar surface area (TPSA) is 229 Å². The normalized spacial score (nSPS) is 28.3. The van der Waals surface area contributed by atoms with Crippen LogP contribution in [0.2, 0.25) is 0 Å². The average molecular weight is 793 g/mol. The number of esters is 2. The summed E-state index contributed by atoms with van der Waals surface area (Å²) in [6, 6.07) is -2.06. The summed E-state index contributed by atoms with van der Waals surface area (Å²) in [5, 5.41) is 9.77. The van der Waals surface area contributed by atoms with Crippen LogP contribution in [0, 0.1) is 0 Å². The Kier molecular flexibility index (Phi) is 20.8. The lowest BCUT2D eigenvalue weighted by Gasteiger charge is -2.44. The molecule has 2 amide bonds. The van der Waals surface area contributed by atoms with Gasteiger partial charge in [-0.15, -0.1) is 0 Å². The summed E-state index contributed by atoms with van der Waals surface area (Å²) < 4.78 is 32.2. The fourth-order valence-electron chi connectivity index (χ4n) is 7.75. The number of hydrogen-bond acceptors (Lipinski definition) is 14. The molecule has 2 fully saturated rings. The molecule has 4 rings (SSSR count). The summed E-state index contributed by atoms with van der Waals surface area (Å²) in [5.74, 6) is -1.08. The lowest BCUT2D eigenvalue weighted by molar-refractivity contribution is -0.139. The highest BCUT2D eigenvalue weighted by Gasteiger charge is 2.41. The SMILES string of the molecule is CCOC(=O)C1=C[C@@H](N2CCC[C@H](OCCOC)C2)[C@H](NC(C)=O)[C@@H](N)C1.CCOC(=O)C1=C[C@@H](N2CCC[C@H](OCCOC)C2)[C@H](NC(C)=O)[C@@H](N=[N+]=[N-])C1. The van der Waals surface area contributed by atoms with Crippen LogP contribution < -0.4 is 16.4 Å². The number of nitrogens with zero attached hydrogens (tertiary/aromatic N) is 5. The number of nitrogens with one attached hydrogen (secondary N) is 2. The first-order valence-corrected chi connectivity index (χ1v) is 19.7. The lowest BCUT2D eigenvalue weighted by Crippen LogP contribution is -2.62. The number of hydrogen-bond donors (Lipinski definition) is 3. The first-order valence-electron chi connectivity index (χ1n) is 19.7. The van der Waals surface area contributed by atoms with E-state index in [1.165, 1.54) is 13.8 Å². The van der Waals surface area contributed by atoms with Crippen LogP contribution in [0.1, 0.15) is 66.2 Å². The minimum atomic E-state index is -0.576. The number of nitrogens with two attached hydrogens (primary N) is 1. The highest BCUT2D eigenvalue weighted by molar-refractivity contribution is 5.89. The molecule has 56 heavy (non-hydrogen) atoms. The number of carbonyl (C=O) groups excluding carboxylic acids is 4. The molecule has 2 heterocycles. The molecule has 0 bridgehead atoms. The van der Waals surface area contributed by atoms with E-state index in [9.17, 15) is 19.2 Å². The van der Waals surface area contributed by atoms with E-state index in [4.69, 9.17) is 39.7 Å². The molecule has 8 atom stereocenters. The largest absolute Gasteiger partial charge is 0.463 e. The van der Waals surface area contributed by atoms with Gasteiger partial charge in [0, 0.05) is 69.3 Å². The van der Waals surface area contributed by atoms with Gasteiger partial charge in [-0.3, -0.25) is 19.4 Å². The highest BCUT2D eigenvalue weighted by atomic mass is 16.5. The standard InChI is InChI=1S/C19H31N5O5.C19H33N3O5/c1-4-28-19(26)14-10-16(22-23-20)18(21-13(2)25)17(11-14)24-7-5-6-15(12-24)29-9-8-27-3;1-4-26-19(24)14-10-16(20)18(21-13(2)23)17(11-14)22-7-5-6-15(12-22)27-9-8-25-3/h11,15-18H,4-10,12H2,1-3H3,(H,21,25);11,15-18H,4-10,12,20H2,1-3H3,(H,21,23)/t2*15-,16-,17+,18+/m00/s1. The fourth-order valence-corrected chi connectivity index (χ4v) is 7.75. The number of azide groups is 1. The van der Waals surface area contributed by atoms with Crippen molar-refractivity contribution in [1.29, 1.82) is 0 Å². The molecule has 2 aliphatic heterocycles. The van der Waals surface area contributed by atoms with E-state index >= 15 is 0 Å². The Balaban J connectivity index is 0.000000301. The van der Waals surface area contributed by atoms with E-state index in [1.54, 1.807) is 28.1 Å². The van der Waals surface area contributed by atoms with Crippen LogP contribution in [-0.2, 0) is 47.6 Å². The first-order chi connectivity index (χ1) is 26.9. The zero-order valence-corrected chi connectivity index (χ0v) is 34.0. The minimum Gasteiger partial charge on any atom is -0.463 e. The second-order valence-electron chi connectivity index (χ2n) is 14.3. The third kappa shape index (κ3) is 14.7. The zero-order chi connectivity index (χ0) is 41.0. The van der Waals surface area contributed by atoms with Crippen LogP contribution in [0.25, 0.3) is 10.4 Å². The fraction of sp³-hybridized carbons (Fsp3) is 0.789. The molecule has 0 spiro atoms. The van der Waals surface area contributed by atoms with Crippen molar-refractivity contribution in [3.63, 3.8) is 0 Å². The molecular weight excluding hydrogens is 728 g/mol. The Labute approximate surface area is 330 Å². The van der Waals surface area contributed by atoms with Crippen LogP contribution in [0.5, 0.6) is 0 Å². The zero-order valence-electron chi connectivity index (χ0n) is 34.0. The third-order valence-electron chi connectivity index (χ3n) is 10.2. The molecule has 0 aromatic carbocycles. The molecule has 4 aliphatic rings. The van der Waals surface area contributed by atoms with Gasteiger partial charge in [0.25, 0.3) is 0 Å². The van der Waals surface area contributed by atoms with Crippen molar-refractivity contribution in [3.8, 4) is 0 Å². The Morgan fingerprint density at radius 3 is 1.70 bits per heavy atom. The van der Waals surface area contributed by atoms with Crippen molar-refractivity contribution in [3.05, 3.63) is 33.7 Å². The van der Waals surface area contributed by atoms with Crippen LogP contribution in [0.3, 0.4) is 0 Å². The van der Waals surface area contributed by atoms with Gasteiger partial charge in [-0.25, -0.2) is 9.59 Å². The number of rotatable bonds is 17. The second-order valence-corrected chi connectivity index (χ2v) is 14.3. The van der Waals surface area contributed by atoms with Crippen molar-refractivity contribution in [2.45, 2.75) is 115 Å². The molecular formula is C38H64N8O10. The summed E-state index contributed by atoms with van der Waals surface area (Å²) in [7, 11) is 3.29. The van der Waals surface area contributed by atoms with Crippen molar-refractivity contribution < 1.29 is 47.6 Å². The number of likely N-dealkylation sites (tertiary alicyclic amines) is 2. The van der Waals surface area contributed by atoms with Gasteiger partial charge in [0.15, 0.2) is 0 Å². The Hall–Kier alpha value is -3.61. The molecule has 0 radical (unpaired) electrons. The molecule has 2 saturated heterocycles. The van der Waals surface area contributed by atoms with Gasteiger partial charge in [0.2, 0.25) is 11.8 Å². The second kappa shape index (κ2) is 24.9. The number of ether oxygens (including phenoxy) is 6. The van der Waals surface area contributed by atoms with Crippen LogP contribution in [0.4, 0.5) is 0 Å². The molecule has 316 valence electrons. The maximum Gasteiger partial charge on any atom is 0.333 e. The van der Waals surface area contributed by atoms with Gasteiger partial charge in [-0.1, -0.05) is 17.3 Å². The monoisotopic (exact) mass is 792 g/mol. The number of piperidine rings is 2. The summed E-state index contributed by atoms with van der Waals surface area (Å²) >= 11 is 0. The number of carbonyl (C=O) groups is 4. The van der Waals surface area contributed by atoms with Gasteiger partial charge < -0.3 is 44.8 Å². The van der Waals surface area contributed by atoms with Gasteiger partial charge in [0.05, 0.1) is 76.0 Å². The number of amides is 2. The molecule has 0 saturated carbocycles. The molecule has 18 nitrogen and oxygen atoms in total. The van der Waals surface area contributed by atoms with Crippen molar-refractivity contribution in [1.82, 2.24) is 20.4 Å². The van der Waals surface area contributed by atoms with E-state index in [0.717, 1.165) is 45.3 Å². The van der Waals surface area contributed by atoms with Crippen LogP contribution in [0.15, 0.2) is 28.4 Å². The van der Waals surface area contributed by atoms with Gasteiger partial charge in [-0.05, 0) is 71.0 Å². The summed E-state index contributed by atoms with van der Waals surface area (Å²) in [6.07, 6.45) is 8.35. The maximum atomic E-state index is 12.4. The molecule has 2 aliphatic carbocycles. The molecule has 4 N–H and O–H groups in total. The van der Waals surface area contributed by atoms with Gasteiger partial charge >= 0.3 is 11.9 Å². The van der Waals surface area contributed by atoms with E-state index in [2.05, 4.69) is 30.5 Å². The Morgan fingerprint density at radius 2 is 1.25 bits per heavy atom. The van der Waals surface area contributed by atoms with Crippen molar-refractivity contribution >= 4 is 23.8 Å². The van der Waals surface area contributed by atoms with E-state index in [0.29, 0.717) is 57.1 Å². The van der Waals surface area contributed by atoms with E-state index < -0.39 is 18.1 Å². The van der Waals surface area contributed by atoms with Gasteiger partial charge in [-0.2, -0.15) is 0 Å². The van der Waals surface area contributed by atoms with Crippen molar-refractivity contribution in [2.24, 2.45) is 10.8 Å². The Morgan fingerprint density at radius 1 is 0.786 bits per heavy atom. The maximum absolute atomic E-state index is 12.4. The summed E-state index contributed by atoms with van der Waals surface area (Å²) in [5.41, 5.74) is 16.4. The van der Waals surface area contributed by atoms with E-state index in [-0.39, 0.29) is 67.2 Å². The highest BCUT2D eigenvalue weighted by Crippen LogP contribution is 2.30. The van der Waals surface area contributed by atoms with Crippen LogP contribution >= 0.6 is 0 Å². The molecule has 18 heteroatoms. The first kappa shape index (κ1) is 46.8. The minimum absolute atomic E-state index is 0.0381. The average Bonchev–Trinajstić information content (AvgIpc) is 3.17. The summed E-state index contributed by atoms with van der Waals surface area (Å²) in [6.45, 7) is 12.2. The predicted octanol–water partition coefficient (Wildman–Crippen LogP) is 1.77. The quantitative estimate of drug-likeness (QED) is 0.0628. The molecule has 0 unspecified atom stereocenters. The summed E-state index contributed by atoms with van der Waals surface area (Å²) in [4.78, 5) is 55.5. The Bertz CT molecular complexity index is 1390. The predicted molar refractivity (Wildman–Crippen MR) is 207 cm³/mol.